The van der Waals surface area contributed by atoms with Crippen molar-refractivity contribution in [3.63, 3.8) is 0 Å². The van der Waals surface area contributed by atoms with Crippen molar-refractivity contribution in [2.75, 3.05) is 6.54 Å². The molecule has 0 aliphatic heterocycles. The van der Waals surface area contributed by atoms with Crippen LogP contribution < -0.4 is 5.32 Å². The van der Waals surface area contributed by atoms with E-state index in [1.165, 1.54) is 5.56 Å². The first-order chi connectivity index (χ1) is 7.50. The van der Waals surface area contributed by atoms with Gasteiger partial charge in [0.25, 0.3) is 0 Å². The standard InChI is InChI=1S/C14H23NO/c1-10(2)12(4)15-9-14(16)13-7-5-11(3)6-8-13/h5-8,10,12,14-16H,9H2,1-4H3. The maximum absolute atomic E-state index is 9.98. The van der Waals surface area contributed by atoms with Crippen LogP contribution in [0.2, 0.25) is 0 Å². The first-order valence-electron chi connectivity index (χ1n) is 5.98. The fourth-order valence-corrected chi connectivity index (χ4v) is 1.44. The highest BCUT2D eigenvalue weighted by Crippen LogP contribution is 2.13. The molecule has 2 nitrogen and oxygen atoms in total. The lowest BCUT2D eigenvalue weighted by molar-refractivity contribution is 0.167. The van der Waals surface area contributed by atoms with Crippen molar-refractivity contribution >= 4 is 0 Å². The Kier molecular flexibility index (Phi) is 4.97. The van der Waals surface area contributed by atoms with Gasteiger partial charge in [-0.25, -0.2) is 0 Å². The largest absolute Gasteiger partial charge is 0.387 e. The van der Waals surface area contributed by atoms with Crippen LogP contribution in [0.1, 0.15) is 38.0 Å². The van der Waals surface area contributed by atoms with Crippen LogP contribution in [0.15, 0.2) is 24.3 Å². The highest BCUT2D eigenvalue weighted by molar-refractivity contribution is 5.23. The summed E-state index contributed by atoms with van der Waals surface area (Å²) in [5, 5.41) is 13.3. The van der Waals surface area contributed by atoms with Crippen molar-refractivity contribution in [3.05, 3.63) is 35.4 Å². The Morgan fingerprint density at radius 3 is 2.19 bits per heavy atom. The Balaban J connectivity index is 2.46. The monoisotopic (exact) mass is 221 g/mol. The average molecular weight is 221 g/mol. The van der Waals surface area contributed by atoms with E-state index in [1.807, 2.05) is 24.3 Å². The second kappa shape index (κ2) is 6.02. The molecule has 0 fully saturated rings. The van der Waals surface area contributed by atoms with Gasteiger partial charge < -0.3 is 10.4 Å². The summed E-state index contributed by atoms with van der Waals surface area (Å²) in [5.41, 5.74) is 2.20. The maximum Gasteiger partial charge on any atom is 0.0914 e. The van der Waals surface area contributed by atoms with Crippen molar-refractivity contribution in [3.8, 4) is 0 Å². The zero-order chi connectivity index (χ0) is 12.1. The summed E-state index contributed by atoms with van der Waals surface area (Å²) >= 11 is 0. The highest BCUT2D eigenvalue weighted by atomic mass is 16.3. The molecule has 2 heteroatoms. The van der Waals surface area contributed by atoms with Crippen molar-refractivity contribution < 1.29 is 5.11 Å². The summed E-state index contributed by atoms with van der Waals surface area (Å²) in [6.45, 7) is 9.16. The molecule has 0 spiro atoms. The molecule has 0 aliphatic rings. The first kappa shape index (κ1) is 13.2. The molecule has 0 aliphatic carbocycles. The van der Waals surface area contributed by atoms with Gasteiger partial charge in [-0.3, -0.25) is 0 Å². The van der Waals surface area contributed by atoms with Gasteiger partial charge in [0.2, 0.25) is 0 Å². The smallest absolute Gasteiger partial charge is 0.0914 e. The number of hydrogen-bond donors (Lipinski definition) is 2. The molecule has 0 amide bonds. The summed E-state index contributed by atoms with van der Waals surface area (Å²) < 4.78 is 0. The van der Waals surface area contributed by atoms with Crippen molar-refractivity contribution in [2.24, 2.45) is 5.92 Å². The van der Waals surface area contributed by atoms with Crippen LogP contribution in [0.25, 0.3) is 0 Å². The molecule has 2 N–H and O–H groups in total. The lowest BCUT2D eigenvalue weighted by Crippen LogP contribution is -2.34. The minimum atomic E-state index is -0.415. The van der Waals surface area contributed by atoms with Crippen molar-refractivity contribution in [1.29, 1.82) is 0 Å². The Morgan fingerprint density at radius 1 is 1.12 bits per heavy atom. The molecular weight excluding hydrogens is 198 g/mol. The molecular formula is C14H23NO. The summed E-state index contributed by atoms with van der Waals surface area (Å²) in [4.78, 5) is 0. The SMILES string of the molecule is Cc1ccc(C(O)CNC(C)C(C)C)cc1. The van der Waals surface area contributed by atoms with Crippen LogP contribution in [0, 0.1) is 12.8 Å². The van der Waals surface area contributed by atoms with Crippen LogP contribution in [0.3, 0.4) is 0 Å². The van der Waals surface area contributed by atoms with Crippen LogP contribution in [-0.4, -0.2) is 17.7 Å². The molecule has 1 aromatic rings. The summed E-state index contributed by atoms with van der Waals surface area (Å²) in [7, 11) is 0. The van der Waals surface area contributed by atoms with Crippen LogP contribution in [-0.2, 0) is 0 Å². The second-order valence-electron chi connectivity index (χ2n) is 4.87. The van der Waals surface area contributed by atoms with Crippen LogP contribution in [0.4, 0.5) is 0 Å². The second-order valence-corrected chi connectivity index (χ2v) is 4.87. The number of hydrogen-bond acceptors (Lipinski definition) is 2. The third-order valence-electron chi connectivity index (χ3n) is 3.10. The van der Waals surface area contributed by atoms with Gasteiger partial charge in [0.05, 0.1) is 6.10 Å². The molecule has 1 rings (SSSR count). The van der Waals surface area contributed by atoms with E-state index in [1.54, 1.807) is 0 Å². The van der Waals surface area contributed by atoms with Crippen LogP contribution in [0.5, 0.6) is 0 Å². The maximum atomic E-state index is 9.98. The zero-order valence-electron chi connectivity index (χ0n) is 10.7. The third kappa shape index (κ3) is 3.95. The van der Waals surface area contributed by atoms with E-state index in [4.69, 9.17) is 0 Å². The fourth-order valence-electron chi connectivity index (χ4n) is 1.44. The van der Waals surface area contributed by atoms with E-state index in [9.17, 15) is 5.11 Å². The number of nitrogens with one attached hydrogen (secondary N) is 1. The predicted molar refractivity (Wildman–Crippen MR) is 68.4 cm³/mol. The Morgan fingerprint density at radius 2 is 1.69 bits per heavy atom. The zero-order valence-corrected chi connectivity index (χ0v) is 10.7. The lowest BCUT2D eigenvalue weighted by Gasteiger charge is -2.20. The van der Waals surface area contributed by atoms with Gasteiger partial charge in [-0.05, 0) is 25.3 Å². The molecule has 2 unspecified atom stereocenters. The quantitative estimate of drug-likeness (QED) is 0.801. The van der Waals surface area contributed by atoms with Gasteiger partial charge in [-0.15, -0.1) is 0 Å². The molecule has 90 valence electrons. The number of aliphatic hydroxyl groups is 1. The molecule has 16 heavy (non-hydrogen) atoms. The van der Waals surface area contributed by atoms with Crippen LogP contribution >= 0.6 is 0 Å². The minimum absolute atomic E-state index is 0.415. The fraction of sp³-hybridized carbons (Fsp3) is 0.571. The first-order valence-corrected chi connectivity index (χ1v) is 5.98. The van der Waals surface area contributed by atoms with Gasteiger partial charge in [-0.2, -0.15) is 0 Å². The molecule has 0 saturated carbocycles. The van der Waals surface area contributed by atoms with Gasteiger partial charge in [0.15, 0.2) is 0 Å². The van der Waals surface area contributed by atoms with E-state index >= 15 is 0 Å². The predicted octanol–water partition coefficient (Wildman–Crippen LogP) is 2.66. The number of benzene rings is 1. The van der Waals surface area contributed by atoms with E-state index < -0.39 is 6.10 Å². The molecule has 2 atom stereocenters. The van der Waals surface area contributed by atoms with E-state index in [0.717, 1.165) is 5.56 Å². The molecule has 0 heterocycles. The summed E-state index contributed by atoms with van der Waals surface area (Å²) in [6, 6.07) is 8.47. The topological polar surface area (TPSA) is 32.3 Å². The van der Waals surface area contributed by atoms with E-state index in [2.05, 4.69) is 33.0 Å². The lowest BCUT2D eigenvalue weighted by atomic mass is 10.0. The van der Waals surface area contributed by atoms with E-state index in [0.29, 0.717) is 18.5 Å². The van der Waals surface area contributed by atoms with Gasteiger partial charge in [-0.1, -0.05) is 43.7 Å². The number of rotatable bonds is 5. The third-order valence-corrected chi connectivity index (χ3v) is 3.10. The number of aryl methyl sites for hydroxylation is 1. The summed E-state index contributed by atoms with van der Waals surface area (Å²) in [5.74, 6) is 0.588. The molecule has 0 aromatic heterocycles. The molecule has 0 bridgehead atoms. The minimum Gasteiger partial charge on any atom is -0.387 e. The molecule has 1 aromatic carbocycles. The molecule has 0 radical (unpaired) electrons. The van der Waals surface area contributed by atoms with Gasteiger partial charge in [0.1, 0.15) is 0 Å². The Bertz CT molecular complexity index is 305. The molecule has 0 saturated heterocycles. The average Bonchev–Trinajstić information content (AvgIpc) is 2.26. The van der Waals surface area contributed by atoms with E-state index in [-0.39, 0.29) is 0 Å². The van der Waals surface area contributed by atoms with Crippen molar-refractivity contribution in [1.82, 2.24) is 5.32 Å². The Hall–Kier alpha value is -0.860. The van der Waals surface area contributed by atoms with Gasteiger partial charge in [0, 0.05) is 12.6 Å². The Labute approximate surface area is 98.7 Å². The number of aliphatic hydroxyl groups excluding tert-OH is 1. The van der Waals surface area contributed by atoms with Gasteiger partial charge >= 0.3 is 0 Å². The van der Waals surface area contributed by atoms with Crippen molar-refractivity contribution in [2.45, 2.75) is 39.8 Å². The highest BCUT2D eigenvalue weighted by Gasteiger charge is 2.10. The normalized spacial score (nSPS) is 15.1. The summed E-state index contributed by atoms with van der Waals surface area (Å²) in [6.07, 6.45) is -0.415.